The monoisotopic (exact) mass is 355 g/mol. The summed E-state index contributed by atoms with van der Waals surface area (Å²) in [5.74, 6) is 1.09. The van der Waals surface area contributed by atoms with Gasteiger partial charge in [-0.1, -0.05) is 0 Å². The lowest BCUT2D eigenvalue weighted by atomic mass is 9.77. The highest BCUT2D eigenvalue weighted by atomic mass is 16.2. The number of nitrogens with zero attached hydrogens (tertiary/aromatic N) is 4. The number of aromatic nitrogens is 3. The summed E-state index contributed by atoms with van der Waals surface area (Å²) in [7, 11) is 1.86. The third kappa shape index (κ3) is 3.02. The average molecular weight is 355 g/mol. The van der Waals surface area contributed by atoms with Crippen LogP contribution in [0.2, 0.25) is 0 Å². The van der Waals surface area contributed by atoms with Gasteiger partial charge in [-0.15, -0.1) is 0 Å². The van der Waals surface area contributed by atoms with E-state index in [9.17, 15) is 9.59 Å². The Kier molecular flexibility index (Phi) is 4.30. The van der Waals surface area contributed by atoms with Crippen molar-refractivity contribution in [1.29, 1.82) is 0 Å². The first-order chi connectivity index (χ1) is 12.6. The SMILES string of the molecule is Cn1ccc(N2CCC3(CCN(C(=O)CCc4ccc[nH]4)CC3)C2=O)n1. The first-order valence-corrected chi connectivity index (χ1v) is 9.29. The summed E-state index contributed by atoms with van der Waals surface area (Å²) in [6.07, 6.45) is 7.35. The van der Waals surface area contributed by atoms with Gasteiger partial charge >= 0.3 is 0 Å². The van der Waals surface area contributed by atoms with Crippen molar-refractivity contribution in [3.63, 3.8) is 0 Å². The Hall–Kier alpha value is -2.57. The molecule has 0 radical (unpaired) electrons. The van der Waals surface area contributed by atoms with E-state index in [2.05, 4.69) is 10.1 Å². The van der Waals surface area contributed by atoms with E-state index in [0.29, 0.717) is 19.5 Å². The normalized spacial score (nSPS) is 19.5. The predicted octanol–water partition coefficient (Wildman–Crippen LogP) is 1.73. The molecule has 4 heterocycles. The molecule has 0 bridgehead atoms. The van der Waals surface area contributed by atoms with Crippen molar-refractivity contribution in [2.75, 3.05) is 24.5 Å². The van der Waals surface area contributed by atoms with Gasteiger partial charge in [0.1, 0.15) is 0 Å². The van der Waals surface area contributed by atoms with Gasteiger partial charge in [0.2, 0.25) is 11.8 Å². The molecule has 0 aromatic carbocycles. The van der Waals surface area contributed by atoms with Crippen LogP contribution in [0.1, 0.15) is 31.4 Å². The van der Waals surface area contributed by atoms with Gasteiger partial charge in [-0.2, -0.15) is 5.10 Å². The third-order valence-electron chi connectivity index (χ3n) is 5.83. The second-order valence-electron chi connectivity index (χ2n) is 7.41. The number of aryl methyl sites for hydroxylation is 2. The maximum Gasteiger partial charge on any atom is 0.234 e. The Labute approximate surface area is 153 Å². The topological polar surface area (TPSA) is 74.2 Å². The second kappa shape index (κ2) is 6.63. The van der Waals surface area contributed by atoms with Gasteiger partial charge in [-0.05, 0) is 37.8 Å². The lowest BCUT2D eigenvalue weighted by Gasteiger charge is -2.37. The minimum atomic E-state index is -0.312. The molecule has 1 N–H and O–H groups in total. The Balaban J connectivity index is 1.34. The van der Waals surface area contributed by atoms with E-state index in [1.807, 2.05) is 47.4 Å². The van der Waals surface area contributed by atoms with Crippen molar-refractivity contribution in [1.82, 2.24) is 19.7 Å². The quantitative estimate of drug-likeness (QED) is 0.908. The number of aromatic amines is 1. The van der Waals surface area contributed by atoms with Crippen LogP contribution >= 0.6 is 0 Å². The van der Waals surface area contributed by atoms with Crippen molar-refractivity contribution in [2.24, 2.45) is 12.5 Å². The number of anilines is 1. The number of carbonyl (C=O) groups excluding carboxylic acids is 2. The largest absolute Gasteiger partial charge is 0.365 e. The Bertz CT molecular complexity index is 787. The minimum absolute atomic E-state index is 0.176. The molecule has 2 aromatic rings. The second-order valence-corrected chi connectivity index (χ2v) is 7.41. The molecule has 26 heavy (non-hydrogen) atoms. The number of likely N-dealkylation sites (tertiary alicyclic amines) is 1. The van der Waals surface area contributed by atoms with Crippen molar-refractivity contribution in [3.05, 3.63) is 36.3 Å². The van der Waals surface area contributed by atoms with Crippen LogP contribution in [0.4, 0.5) is 5.82 Å². The molecule has 7 nitrogen and oxygen atoms in total. The fraction of sp³-hybridized carbons (Fsp3) is 0.526. The van der Waals surface area contributed by atoms with Gasteiger partial charge in [0, 0.05) is 57.3 Å². The summed E-state index contributed by atoms with van der Waals surface area (Å²) in [5.41, 5.74) is 0.775. The number of amides is 2. The van der Waals surface area contributed by atoms with Crippen LogP contribution in [0.25, 0.3) is 0 Å². The molecule has 1 spiro atoms. The zero-order chi connectivity index (χ0) is 18.1. The van der Waals surface area contributed by atoms with E-state index in [1.54, 1.807) is 4.68 Å². The third-order valence-corrected chi connectivity index (χ3v) is 5.83. The van der Waals surface area contributed by atoms with Crippen molar-refractivity contribution >= 4 is 17.6 Å². The summed E-state index contributed by atoms with van der Waals surface area (Å²) < 4.78 is 1.72. The molecule has 4 rings (SSSR count). The van der Waals surface area contributed by atoms with Gasteiger partial charge in [-0.3, -0.25) is 19.2 Å². The number of hydrogen-bond acceptors (Lipinski definition) is 3. The van der Waals surface area contributed by atoms with E-state index in [4.69, 9.17) is 0 Å². The van der Waals surface area contributed by atoms with Crippen molar-refractivity contribution < 1.29 is 9.59 Å². The Morgan fingerprint density at radius 1 is 1.23 bits per heavy atom. The summed E-state index contributed by atoms with van der Waals surface area (Å²) in [6, 6.07) is 5.83. The number of H-pyrrole nitrogens is 1. The van der Waals surface area contributed by atoms with Gasteiger partial charge in [0.05, 0.1) is 5.41 Å². The van der Waals surface area contributed by atoms with E-state index < -0.39 is 0 Å². The molecule has 2 saturated heterocycles. The highest BCUT2D eigenvalue weighted by Crippen LogP contribution is 2.42. The zero-order valence-electron chi connectivity index (χ0n) is 15.1. The van der Waals surface area contributed by atoms with Crippen LogP contribution in [0.15, 0.2) is 30.6 Å². The Morgan fingerprint density at radius 3 is 2.65 bits per heavy atom. The lowest BCUT2D eigenvalue weighted by Crippen LogP contribution is -2.46. The molecule has 2 fully saturated rings. The highest BCUT2D eigenvalue weighted by Gasteiger charge is 2.49. The molecule has 0 unspecified atom stereocenters. The van der Waals surface area contributed by atoms with Crippen molar-refractivity contribution in [3.8, 4) is 0 Å². The summed E-state index contributed by atoms with van der Waals surface area (Å²) in [4.78, 5) is 32.4. The fourth-order valence-electron chi connectivity index (χ4n) is 4.16. The van der Waals surface area contributed by atoms with E-state index in [-0.39, 0.29) is 17.2 Å². The zero-order valence-corrected chi connectivity index (χ0v) is 15.1. The van der Waals surface area contributed by atoms with E-state index in [0.717, 1.165) is 43.7 Å². The van der Waals surface area contributed by atoms with Gasteiger partial charge in [0.15, 0.2) is 5.82 Å². The number of rotatable bonds is 4. The highest BCUT2D eigenvalue weighted by molar-refractivity contribution is 5.99. The van der Waals surface area contributed by atoms with Crippen LogP contribution in [0.3, 0.4) is 0 Å². The average Bonchev–Trinajstić information content (AvgIpc) is 3.37. The lowest BCUT2D eigenvalue weighted by molar-refractivity contribution is -0.137. The Morgan fingerprint density at radius 2 is 2.00 bits per heavy atom. The molecule has 0 aliphatic carbocycles. The first kappa shape index (κ1) is 16.9. The minimum Gasteiger partial charge on any atom is -0.365 e. The number of nitrogens with one attached hydrogen (secondary N) is 1. The predicted molar refractivity (Wildman–Crippen MR) is 97.5 cm³/mol. The summed E-state index contributed by atoms with van der Waals surface area (Å²) in [5, 5.41) is 4.37. The molecule has 2 amide bonds. The molecular formula is C19H25N5O2. The molecule has 2 aliphatic heterocycles. The number of piperidine rings is 1. The van der Waals surface area contributed by atoms with Gasteiger partial charge < -0.3 is 9.88 Å². The van der Waals surface area contributed by atoms with Crippen LogP contribution in [0, 0.1) is 5.41 Å². The molecule has 138 valence electrons. The molecule has 7 heteroatoms. The van der Waals surface area contributed by atoms with E-state index in [1.165, 1.54) is 0 Å². The summed E-state index contributed by atoms with van der Waals surface area (Å²) in [6.45, 7) is 2.06. The molecule has 0 atom stereocenters. The maximum atomic E-state index is 13.0. The van der Waals surface area contributed by atoms with Crippen LogP contribution < -0.4 is 4.90 Å². The fourth-order valence-corrected chi connectivity index (χ4v) is 4.16. The summed E-state index contributed by atoms with van der Waals surface area (Å²) >= 11 is 0. The van der Waals surface area contributed by atoms with Crippen molar-refractivity contribution in [2.45, 2.75) is 32.1 Å². The molecule has 2 aliphatic rings. The van der Waals surface area contributed by atoms with Gasteiger partial charge in [0.25, 0.3) is 0 Å². The molecule has 0 saturated carbocycles. The number of hydrogen-bond donors (Lipinski definition) is 1. The van der Waals surface area contributed by atoms with Crippen LogP contribution in [-0.2, 0) is 23.1 Å². The van der Waals surface area contributed by atoms with Crippen LogP contribution in [0.5, 0.6) is 0 Å². The smallest absolute Gasteiger partial charge is 0.234 e. The first-order valence-electron chi connectivity index (χ1n) is 9.29. The maximum absolute atomic E-state index is 13.0. The number of carbonyl (C=O) groups is 2. The standard InChI is InChI=1S/C19H25N5O2/c1-22-11-6-16(21-22)24-14-9-19(18(24)26)7-12-23(13-8-19)17(25)5-4-15-3-2-10-20-15/h2-3,6,10-11,20H,4-5,7-9,12-14H2,1H3. The van der Waals surface area contributed by atoms with Gasteiger partial charge in [-0.25, -0.2) is 0 Å². The molecule has 2 aromatic heterocycles. The van der Waals surface area contributed by atoms with Crippen LogP contribution in [-0.4, -0.2) is 51.1 Å². The van der Waals surface area contributed by atoms with E-state index >= 15 is 0 Å². The molecular weight excluding hydrogens is 330 g/mol.